The molecule has 5 nitrogen and oxygen atoms in total. The molecule has 1 heterocycles. The summed E-state index contributed by atoms with van der Waals surface area (Å²) >= 11 is 5.83. The molecule has 0 spiro atoms. The third kappa shape index (κ3) is 3.61. The summed E-state index contributed by atoms with van der Waals surface area (Å²) < 4.78 is 18.7. The molecule has 2 aromatic rings. The van der Waals surface area contributed by atoms with Crippen molar-refractivity contribution in [2.75, 3.05) is 24.8 Å². The maximum atomic E-state index is 13.7. The topological polar surface area (TPSA) is 63.2 Å². The van der Waals surface area contributed by atoms with E-state index in [0.717, 1.165) is 0 Å². The van der Waals surface area contributed by atoms with Gasteiger partial charge >= 0.3 is 0 Å². The first-order valence-corrected chi connectivity index (χ1v) is 6.41. The number of amides is 1. The lowest BCUT2D eigenvalue weighted by Gasteiger charge is -2.09. The molecule has 0 aliphatic rings. The number of ether oxygens (including phenoxy) is 1. The van der Waals surface area contributed by atoms with Crippen LogP contribution in [-0.4, -0.2) is 25.0 Å². The van der Waals surface area contributed by atoms with Gasteiger partial charge in [-0.2, -0.15) is 0 Å². The number of halogens is 2. The summed E-state index contributed by atoms with van der Waals surface area (Å²) in [5, 5.41) is 5.42. The number of rotatable bonds is 4. The number of nitrogens with zero attached hydrogens (tertiary/aromatic N) is 1. The Bertz CT molecular complexity index is 679. The zero-order valence-electron chi connectivity index (χ0n) is 11.4. The molecule has 0 saturated carbocycles. The van der Waals surface area contributed by atoms with E-state index in [9.17, 15) is 9.18 Å². The second kappa shape index (κ2) is 6.41. The van der Waals surface area contributed by atoms with Crippen molar-refractivity contribution >= 4 is 29.0 Å². The average molecular weight is 310 g/mol. The Morgan fingerprint density at radius 2 is 2.10 bits per heavy atom. The fourth-order valence-electron chi connectivity index (χ4n) is 1.68. The molecular formula is C14H13ClFN3O2. The molecule has 110 valence electrons. The van der Waals surface area contributed by atoms with E-state index in [-0.39, 0.29) is 16.4 Å². The number of hydrogen-bond donors (Lipinski definition) is 2. The van der Waals surface area contributed by atoms with Crippen LogP contribution in [0, 0.1) is 5.82 Å². The van der Waals surface area contributed by atoms with Gasteiger partial charge in [-0.3, -0.25) is 4.79 Å². The largest absolute Gasteiger partial charge is 0.497 e. The van der Waals surface area contributed by atoms with E-state index in [1.54, 1.807) is 7.05 Å². The molecule has 2 rings (SSSR count). The zero-order chi connectivity index (χ0) is 15.4. The number of methoxy groups -OCH3 is 1. The molecule has 0 fully saturated rings. The number of hydrogen-bond acceptors (Lipinski definition) is 4. The van der Waals surface area contributed by atoms with Gasteiger partial charge in [-0.1, -0.05) is 11.6 Å². The Morgan fingerprint density at radius 3 is 2.76 bits per heavy atom. The highest BCUT2D eigenvalue weighted by molar-refractivity contribution is 6.30. The lowest BCUT2D eigenvalue weighted by atomic mass is 10.2. The van der Waals surface area contributed by atoms with E-state index >= 15 is 0 Å². The summed E-state index contributed by atoms with van der Waals surface area (Å²) in [6.07, 6.45) is 0. The highest BCUT2D eigenvalue weighted by Gasteiger charge is 2.12. The second-order valence-corrected chi connectivity index (χ2v) is 4.50. The maximum absolute atomic E-state index is 13.7. The summed E-state index contributed by atoms with van der Waals surface area (Å²) in [6, 6.07) is 6.99. The van der Waals surface area contributed by atoms with Gasteiger partial charge in [0.05, 0.1) is 12.8 Å². The van der Waals surface area contributed by atoms with Crippen LogP contribution in [0.1, 0.15) is 10.4 Å². The predicted molar refractivity (Wildman–Crippen MR) is 79.7 cm³/mol. The molecule has 0 saturated heterocycles. The van der Waals surface area contributed by atoms with Gasteiger partial charge in [0.2, 0.25) is 0 Å². The van der Waals surface area contributed by atoms with Crippen LogP contribution in [0.4, 0.5) is 15.9 Å². The van der Waals surface area contributed by atoms with Crippen molar-refractivity contribution in [2.45, 2.75) is 0 Å². The molecule has 0 bridgehead atoms. The van der Waals surface area contributed by atoms with Gasteiger partial charge in [0.25, 0.3) is 5.91 Å². The monoisotopic (exact) mass is 309 g/mol. The van der Waals surface area contributed by atoms with Gasteiger partial charge in [0.15, 0.2) is 0 Å². The molecule has 0 aliphatic carbocycles. The third-order valence-electron chi connectivity index (χ3n) is 2.73. The number of aromatic nitrogens is 1. The van der Waals surface area contributed by atoms with Crippen LogP contribution >= 0.6 is 11.6 Å². The second-order valence-electron chi connectivity index (χ2n) is 4.11. The Kier molecular flexibility index (Phi) is 4.59. The molecule has 0 radical (unpaired) electrons. The van der Waals surface area contributed by atoms with Crippen molar-refractivity contribution in [1.29, 1.82) is 0 Å². The number of carbonyl (C=O) groups excluding carboxylic acids is 1. The molecule has 7 heteroatoms. The lowest BCUT2D eigenvalue weighted by molar-refractivity contribution is 0.102. The first-order chi connectivity index (χ1) is 10.0. The van der Waals surface area contributed by atoms with Crippen molar-refractivity contribution in [2.24, 2.45) is 0 Å². The molecule has 1 aromatic carbocycles. The van der Waals surface area contributed by atoms with Crippen molar-refractivity contribution in [3.05, 3.63) is 46.9 Å². The number of nitrogens with one attached hydrogen (secondary N) is 2. The minimum atomic E-state index is -0.557. The smallest absolute Gasteiger partial charge is 0.255 e. The molecule has 1 aromatic heterocycles. The number of pyridine rings is 1. The van der Waals surface area contributed by atoms with E-state index < -0.39 is 11.7 Å². The maximum Gasteiger partial charge on any atom is 0.255 e. The lowest BCUT2D eigenvalue weighted by Crippen LogP contribution is -2.14. The Balaban J connectivity index is 2.27. The van der Waals surface area contributed by atoms with Gasteiger partial charge in [0.1, 0.15) is 22.5 Å². The van der Waals surface area contributed by atoms with E-state index in [4.69, 9.17) is 16.3 Å². The fourth-order valence-corrected chi connectivity index (χ4v) is 1.89. The van der Waals surface area contributed by atoms with E-state index in [0.29, 0.717) is 11.6 Å². The number of anilines is 2. The van der Waals surface area contributed by atoms with Crippen LogP contribution in [0.15, 0.2) is 30.3 Å². The fraction of sp³-hybridized carbons (Fsp3) is 0.143. The van der Waals surface area contributed by atoms with Crippen molar-refractivity contribution in [3.63, 3.8) is 0 Å². The Labute approximate surface area is 126 Å². The van der Waals surface area contributed by atoms with E-state index in [1.165, 1.54) is 37.4 Å². The van der Waals surface area contributed by atoms with Crippen LogP contribution in [0.5, 0.6) is 5.75 Å². The first-order valence-electron chi connectivity index (χ1n) is 6.03. The van der Waals surface area contributed by atoms with E-state index in [1.807, 2.05) is 0 Å². The number of benzene rings is 1. The zero-order valence-corrected chi connectivity index (χ0v) is 12.2. The molecule has 0 atom stereocenters. The standard InChI is InChI=1S/C14H13ClFN3O2/c1-17-13-6-8(5-12(15)19-13)14(20)18-11-7-9(21-2)3-4-10(11)16/h3-7H,1-2H3,(H,17,19)(H,18,20). The molecule has 21 heavy (non-hydrogen) atoms. The van der Waals surface area contributed by atoms with Crippen LogP contribution in [0.25, 0.3) is 0 Å². The minimum Gasteiger partial charge on any atom is -0.497 e. The molecule has 0 aliphatic heterocycles. The number of carbonyl (C=O) groups is 1. The van der Waals surface area contributed by atoms with Gasteiger partial charge in [-0.25, -0.2) is 9.37 Å². The average Bonchev–Trinajstić information content (AvgIpc) is 2.48. The minimum absolute atomic E-state index is 0.0262. The summed E-state index contributed by atoms with van der Waals surface area (Å²) in [7, 11) is 3.11. The SMILES string of the molecule is CNc1cc(C(=O)Nc2cc(OC)ccc2F)cc(Cl)n1. The molecular weight excluding hydrogens is 297 g/mol. The van der Waals surface area contributed by atoms with Gasteiger partial charge in [-0.15, -0.1) is 0 Å². The van der Waals surface area contributed by atoms with Crippen molar-refractivity contribution < 1.29 is 13.9 Å². The quantitative estimate of drug-likeness (QED) is 0.852. The summed E-state index contributed by atoms with van der Waals surface area (Å²) in [5.74, 6) is -0.171. The molecule has 1 amide bonds. The van der Waals surface area contributed by atoms with Gasteiger partial charge < -0.3 is 15.4 Å². The van der Waals surface area contributed by atoms with Gasteiger partial charge in [0, 0.05) is 18.7 Å². The van der Waals surface area contributed by atoms with Crippen molar-refractivity contribution in [1.82, 2.24) is 4.98 Å². The first kappa shape index (κ1) is 15.1. The van der Waals surface area contributed by atoms with Crippen molar-refractivity contribution in [3.8, 4) is 5.75 Å². The van der Waals surface area contributed by atoms with Crippen LogP contribution in [0.3, 0.4) is 0 Å². The highest BCUT2D eigenvalue weighted by Crippen LogP contribution is 2.22. The predicted octanol–water partition coefficient (Wildman–Crippen LogP) is 3.18. The van der Waals surface area contributed by atoms with Crippen LogP contribution in [0.2, 0.25) is 5.15 Å². The normalized spacial score (nSPS) is 10.1. The third-order valence-corrected chi connectivity index (χ3v) is 2.93. The van der Waals surface area contributed by atoms with E-state index in [2.05, 4.69) is 15.6 Å². The van der Waals surface area contributed by atoms with Crippen LogP contribution in [-0.2, 0) is 0 Å². The Morgan fingerprint density at radius 1 is 1.33 bits per heavy atom. The summed E-state index contributed by atoms with van der Waals surface area (Å²) in [5.41, 5.74) is 0.292. The summed E-state index contributed by atoms with van der Waals surface area (Å²) in [6.45, 7) is 0. The molecule has 0 unspecified atom stereocenters. The Hall–Kier alpha value is -2.34. The molecule has 2 N–H and O–H groups in total. The van der Waals surface area contributed by atoms with Crippen LogP contribution < -0.4 is 15.4 Å². The highest BCUT2D eigenvalue weighted by atomic mass is 35.5. The summed E-state index contributed by atoms with van der Waals surface area (Å²) in [4.78, 5) is 16.1. The van der Waals surface area contributed by atoms with Gasteiger partial charge in [-0.05, 0) is 24.3 Å².